The summed E-state index contributed by atoms with van der Waals surface area (Å²) in [6.45, 7) is 2.20. The third kappa shape index (κ3) is 2.36. The number of hydrogen-bond donors (Lipinski definition) is 1. The zero-order valence-electron chi connectivity index (χ0n) is 12.3. The summed E-state index contributed by atoms with van der Waals surface area (Å²) in [6, 6.07) is 8.19. The number of hydrogen-bond acceptors (Lipinski definition) is 2. The van der Waals surface area contributed by atoms with E-state index in [4.69, 9.17) is 11.6 Å². The molecular formula is C17H21ClN2O. The lowest BCUT2D eigenvalue weighted by Gasteiger charge is -2.30. The summed E-state index contributed by atoms with van der Waals surface area (Å²) in [4.78, 5) is 14.9. The Bertz CT molecular complexity index is 563. The summed E-state index contributed by atoms with van der Waals surface area (Å²) < 4.78 is 0. The first kappa shape index (κ1) is 13.6. The molecule has 3 nitrogen and oxygen atoms in total. The van der Waals surface area contributed by atoms with Gasteiger partial charge in [-0.1, -0.05) is 36.6 Å². The zero-order chi connectivity index (χ0) is 14.6. The SMILES string of the molecule is CC(CC1CC1)N1C(=O)C2(CC2)NC1c1ccc(Cl)cc1. The molecular weight excluding hydrogens is 284 g/mol. The highest BCUT2D eigenvalue weighted by Gasteiger charge is 2.60. The van der Waals surface area contributed by atoms with Crippen LogP contribution in [0.15, 0.2) is 24.3 Å². The number of nitrogens with one attached hydrogen (secondary N) is 1. The van der Waals surface area contributed by atoms with Crippen LogP contribution in [-0.4, -0.2) is 22.4 Å². The predicted octanol–water partition coefficient (Wildman–Crippen LogP) is 3.49. The van der Waals surface area contributed by atoms with E-state index in [0.717, 1.165) is 35.8 Å². The molecule has 2 saturated carbocycles. The van der Waals surface area contributed by atoms with Crippen molar-refractivity contribution in [3.8, 4) is 0 Å². The fourth-order valence-corrected chi connectivity index (χ4v) is 3.66. The molecule has 1 aromatic carbocycles. The summed E-state index contributed by atoms with van der Waals surface area (Å²) in [5, 5.41) is 4.32. The van der Waals surface area contributed by atoms with Gasteiger partial charge in [-0.3, -0.25) is 10.1 Å². The minimum absolute atomic E-state index is 0.00557. The minimum atomic E-state index is -0.262. The molecule has 4 heteroatoms. The third-order valence-electron chi connectivity index (χ3n) is 5.12. The fraction of sp³-hybridized carbons (Fsp3) is 0.588. The Morgan fingerprint density at radius 2 is 2.00 bits per heavy atom. The average molecular weight is 305 g/mol. The number of rotatable bonds is 4. The smallest absolute Gasteiger partial charge is 0.244 e. The normalized spacial score (nSPS) is 28.2. The van der Waals surface area contributed by atoms with E-state index in [1.54, 1.807) is 0 Å². The summed E-state index contributed by atoms with van der Waals surface area (Å²) >= 11 is 5.99. The highest BCUT2D eigenvalue weighted by atomic mass is 35.5. The summed E-state index contributed by atoms with van der Waals surface area (Å²) in [7, 11) is 0. The quantitative estimate of drug-likeness (QED) is 0.923. The number of benzene rings is 1. The monoisotopic (exact) mass is 304 g/mol. The maximum absolute atomic E-state index is 12.8. The molecule has 4 rings (SSSR count). The Morgan fingerprint density at radius 1 is 1.33 bits per heavy atom. The van der Waals surface area contributed by atoms with Crippen LogP contribution in [0.2, 0.25) is 5.02 Å². The topological polar surface area (TPSA) is 32.3 Å². The van der Waals surface area contributed by atoms with Gasteiger partial charge < -0.3 is 4.90 Å². The van der Waals surface area contributed by atoms with Crippen LogP contribution in [0.5, 0.6) is 0 Å². The molecule has 1 aliphatic heterocycles. The highest BCUT2D eigenvalue weighted by molar-refractivity contribution is 6.30. The van der Waals surface area contributed by atoms with Crippen molar-refractivity contribution in [2.45, 2.75) is 56.8 Å². The zero-order valence-corrected chi connectivity index (χ0v) is 13.1. The summed E-state index contributed by atoms with van der Waals surface area (Å²) in [5.41, 5.74) is 0.876. The van der Waals surface area contributed by atoms with Crippen molar-refractivity contribution in [2.24, 2.45) is 5.92 Å². The standard InChI is InChI=1S/C17H21ClN2O/c1-11(10-12-2-3-12)20-15(13-4-6-14(18)7-5-13)19-17(8-9-17)16(20)21/h4-7,11-12,15,19H,2-3,8-10H2,1H3. The Labute approximate surface area is 130 Å². The predicted molar refractivity (Wildman–Crippen MR) is 82.9 cm³/mol. The van der Waals surface area contributed by atoms with Crippen molar-refractivity contribution in [1.29, 1.82) is 0 Å². The van der Waals surface area contributed by atoms with E-state index >= 15 is 0 Å². The van der Waals surface area contributed by atoms with Gasteiger partial charge in [-0.15, -0.1) is 0 Å². The molecule has 1 saturated heterocycles. The van der Waals surface area contributed by atoms with Crippen LogP contribution in [0, 0.1) is 5.92 Å². The van der Waals surface area contributed by atoms with Crippen LogP contribution in [-0.2, 0) is 4.79 Å². The van der Waals surface area contributed by atoms with Gasteiger partial charge in [0, 0.05) is 11.1 Å². The van der Waals surface area contributed by atoms with Gasteiger partial charge in [-0.05, 0) is 49.8 Å². The Kier molecular flexibility index (Phi) is 3.05. The van der Waals surface area contributed by atoms with Gasteiger partial charge >= 0.3 is 0 Å². The van der Waals surface area contributed by atoms with Crippen LogP contribution in [0.25, 0.3) is 0 Å². The second kappa shape index (κ2) is 4.72. The van der Waals surface area contributed by atoms with Crippen molar-refractivity contribution in [3.05, 3.63) is 34.9 Å². The Balaban J connectivity index is 1.62. The van der Waals surface area contributed by atoms with Gasteiger partial charge in [-0.25, -0.2) is 0 Å². The molecule has 1 N–H and O–H groups in total. The van der Waals surface area contributed by atoms with Crippen molar-refractivity contribution in [2.75, 3.05) is 0 Å². The van der Waals surface area contributed by atoms with E-state index in [9.17, 15) is 4.79 Å². The third-order valence-corrected chi connectivity index (χ3v) is 5.37. The molecule has 0 radical (unpaired) electrons. The number of carbonyl (C=O) groups is 1. The van der Waals surface area contributed by atoms with Gasteiger partial charge in [0.05, 0.1) is 0 Å². The van der Waals surface area contributed by atoms with Gasteiger partial charge in [0.15, 0.2) is 0 Å². The van der Waals surface area contributed by atoms with E-state index in [1.807, 2.05) is 24.3 Å². The van der Waals surface area contributed by atoms with E-state index in [-0.39, 0.29) is 11.7 Å². The molecule has 0 bridgehead atoms. The lowest BCUT2D eigenvalue weighted by molar-refractivity contribution is -0.133. The number of halogens is 1. The summed E-state index contributed by atoms with van der Waals surface area (Å²) in [6.07, 6.45) is 5.75. The van der Waals surface area contributed by atoms with Crippen LogP contribution < -0.4 is 5.32 Å². The molecule has 1 spiro atoms. The molecule has 2 atom stereocenters. The maximum atomic E-state index is 12.8. The Hall–Kier alpha value is -1.06. The molecule has 1 amide bonds. The molecule has 3 fully saturated rings. The van der Waals surface area contributed by atoms with Crippen molar-refractivity contribution in [1.82, 2.24) is 10.2 Å². The molecule has 21 heavy (non-hydrogen) atoms. The van der Waals surface area contributed by atoms with E-state index in [2.05, 4.69) is 17.1 Å². The van der Waals surface area contributed by atoms with Crippen LogP contribution in [0.4, 0.5) is 0 Å². The van der Waals surface area contributed by atoms with E-state index in [1.165, 1.54) is 12.8 Å². The summed E-state index contributed by atoms with van der Waals surface area (Å²) in [5.74, 6) is 1.13. The van der Waals surface area contributed by atoms with Gasteiger partial charge in [0.25, 0.3) is 0 Å². The lowest BCUT2D eigenvalue weighted by Crippen LogP contribution is -2.39. The molecule has 1 heterocycles. The van der Waals surface area contributed by atoms with Crippen LogP contribution in [0.3, 0.4) is 0 Å². The average Bonchev–Trinajstić information content (AvgIpc) is 3.35. The van der Waals surface area contributed by atoms with E-state index < -0.39 is 0 Å². The van der Waals surface area contributed by atoms with Gasteiger partial charge in [-0.2, -0.15) is 0 Å². The highest BCUT2D eigenvalue weighted by Crippen LogP contribution is 2.48. The first-order valence-corrected chi connectivity index (χ1v) is 8.33. The second-order valence-electron chi connectivity index (χ2n) is 6.92. The van der Waals surface area contributed by atoms with Crippen LogP contribution in [0.1, 0.15) is 50.8 Å². The van der Waals surface area contributed by atoms with Crippen molar-refractivity contribution < 1.29 is 4.79 Å². The number of carbonyl (C=O) groups excluding carboxylic acids is 1. The molecule has 2 unspecified atom stereocenters. The maximum Gasteiger partial charge on any atom is 0.244 e. The largest absolute Gasteiger partial charge is 0.319 e. The second-order valence-corrected chi connectivity index (χ2v) is 7.36. The van der Waals surface area contributed by atoms with Crippen molar-refractivity contribution >= 4 is 17.5 Å². The Morgan fingerprint density at radius 3 is 2.57 bits per heavy atom. The molecule has 3 aliphatic rings. The molecule has 112 valence electrons. The fourth-order valence-electron chi connectivity index (χ4n) is 3.53. The van der Waals surface area contributed by atoms with Gasteiger partial charge in [0.1, 0.15) is 11.7 Å². The first-order valence-electron chi connectivity index (χ1n) is 7.95. The number of amides is 1. The molecule has 1 aromatic rings. The molecule has 0 aromatic heterocycles. The lowest BCUT2D eigenvalue weighted by atomic mass is 10.1. The minimum Gasteiger partial charge on any atom is -0.319 e. The van der Waals surface area contributed by atoms with Crippen molar-refractivity contribution in [3.63, 3.8) is 0 Å². The van der Waals surface area contributed by atoms with E-state index in [0.29, 0.717) is 11.9 Å². The number of nitrogens with zero attached hydrogens (tertiary/aromatic N) is 1. The van der Waals surface area contributed by atoms with Crippen LogP contribution >= 0.6 is 11.6 Å². The van der Waals surface area contributed by atoms with Gasteiger partial charge in [0.2, 0.25) is 5.91 Å². The molecule has 2 aliphatic carbocycles. The first-order chi connectivity index (χ1) is 10.1.